The van der Waals surface area contributed by atoms with Crippen molar-refractivity contribution in [1.82, 2.24) is 14.8 Å². The van der Waals surface area contributed by atoms with Gasteiger partial charge < -0.3 is 15.1 Å². The molecule has 0 radical (unpaired) electrons. The molecule has 1 aliphatic heterocycles. The van der Waals surface area contributed by atoms with Crippen molar-refractivity contribution >= 4 is 16.6 Å². The molecular formula is C21H30N4. The normalized spacial score (nSPS) is 18.6. The number of hydrogen-bond donors (Lipinski definition) is 1. The van der Waals surface area contributed by atoms with E-state index in [9.17, 15) is 0 Å². The van der Waals surface area contributed by atoms with Crippen molar-refractivity contribution < 1.29 is 0 Å². The van der Waals surface area contributed by atoms with Crippen LogP contribution in [0.1, 0.15) is 31.0 Å². The number of anilines is 1. The molecule has 1 aliphatic carbocycles. The van der Waals surface area contributed by atoms with Gasteiger partial charge in [-0.1, -0.05) is 25.1 Å². The first kappa shape index (κ1) is 16.8. The molecule has 4 rings (SSSR count). The molecule has 0 unspecified atom stereocenters. The lowest BCUT2D eigenvalue weighted by molar-refractivity contribution is 0.137. The number of aryl methyl sites for hydroxylation is 1. The van der Waals surface area contributed by atoms with E-state index in [-0.39, 0.29) is 0 Å². The summed E-state index contributed by atoms with van der Waals surface area (Å²) >= 11 is 0. The Morgan fingerprint density at radius 3 is 2.68 bits per heavy atom. The van der Waals surface area contributed by atoms with Crippen LogP contribution in [-0.2, 0) is 12.8 Å². The number of nitrogens with zero attached hydrogens (tertiary/aromatic N) is 3. The average molecular weight is 338 g/mol. The number of rotatable bonds is 6. The number of pyridine rings is 1. The third-order valence-corrected chi connectivity index (χ3v) is 5.78. The highest BCUT2D eigenvalue weighted by Gasteiger charge is 2.19. The van der Waals surface area contributed by atoms with Gasteiger partial charge in [-0.15, -0.1) is 0 Å². The van der Waals surface area contributed by atoms with E-state index in [2.05, 4.69) is 46.3 Å². The van der Waals surface area contributed by atoms with Crippen molar-refractivity contribution in [2.75, 3.05) is 51.1 Å². The molecule has 2 aromatic rings. The maximum absolute atomic E-state index is 4.88. The standard InChI is InChI=1S/C21H30N4/c1-2-24-13-15-25(16-14-24)12-6-11-22-21-17-7-3-4-9-19(17)23-20-10-5-8-18(20)21/h3-4,7,9H,2,5-6,8,10-16H2,1H3,(H,22,23). The Morgan fingerprint density at radius 2 is 1.84 bits per heavy atom. The molecule has 1 saturated heterocycles. The topological polar surface area (TPSA) is 31.4 Å². The highest BCUT2D eigenvalue weighted by molar-refractivity contribution is 5.93. The van der Waals surface area contributed by atoms with E-state index in [0.29, 0.717) is 0 Å². The Hall–Kier alpha value is -1.65. The first-order chi connectivity index (χ1) is 12.3. The summed E-state index contributed by atoms with van der Waals surface area (Å²) in [5, 5.41) is 5.06. The van der Waals surface area contributed by atoms with E-state index in [0.717, 1.165) is 18.5 Å². The molecule has 2 heterocycles. The summed E-state index contributed by atoms with van der Waals surface area (Å²) < 4.78 is 0. The first-order valence-corrected chi connectivity index (χ1v) is 9.94. The number of likely N-dealkylation sites (N-methyl/N-ethyl adjacent to an activating group) is 1. The first-order valence-electron chi connectivity index (χ1n) is 9.94. The van der Waals surface area contributed by atoms with Gasteiger partial charge in [0.05, 0.1) is 5.52 Å². The number of fused-ring (bicyclic) bond motifs is 2. The van der Waals surface area contributed by atoms with Gasteiger partial charge in [0.25, 0.3) is 0 Å². The number of nitrogens with one attached hydrogen (secondary N) is 1. The van der Waals surface area contributed by atoms with Crippen LogP contribution in [0, 0.1) is 0 Å². The second-order valence-corrected chi connectivity index (χ2v) is 7.34. The van der Waals surface area contributed by atoms with E-state index >= 15 is 0 Å². The fraction of sp³-hybridized carbons (Fsp3) is 0.571. The molecule has 4 heteroatoms. The summed E-state index contributed by atoms with van der Waals surface area (Å²) in [4.78, 5) is 10.0. The predicted octanol–water partition coefficient (Wildman–Crippen LogP) is 3.16. The summed E-state index contributed by atoms with van der Waals surface area (Å²) in [6.07, 6.45) is 4.76. The molecule has 1 fully saturated rings. The van der Waals surface area contributed by atoms with Gasteiger partial charge in [-0.05, 0) is 50.4 Å². The van der Waals surface area contributed by atoms with Gasteiger partial charge in [0, 0.05) is 49.5 Å². The summed E-state index contributed by atoms with van der Waals surface area (Å²) in [6.45, 7) is 10.6. The van der Waals surface area contributed by atoms with E-state index in [1.165, 1.54) is 80.9 Å². The van der Waals surface area contributed by atoms with Crippen LogP contribution in [0.3, 0.4) is 0 Å². The highest BCUT2D eigenvalue weighted by atomic mass is 15.3. The lowest BCUT2D eigenvalue weighted by Gasteiger charge is -2.34. The number of piperazine rings is 1. The van der Waals surface area contributed by atoms with Crippen LogP contribution in [0.5, 0.6) is 0 Å². The quantitative estimate of drug-likeness (QED) is 0.820. The van der Waals surface area contributed by atoms with Crippen molar-refractivity contribution in [1.29, 1.82) is 0 Å². The largest absolute Gasteiger partial charge is 0.384 e. The SMILES string of the molecule is CCN1CCN(CCCNc2c3c(nc4ccccc24)CCC3)CC1. The molecular weight excluding hydrogens is 308 g/mol. The van der Waals surface area contributed by atoms with Gasteiger partial charge in [-0.3, -0.25) is 4.98 Å². The van der Waals surface area contributed by atoms with Crippen LogP contribution in [0.4, 0.5) is 5.69 Å². The highest BCUT2D eigenvalue weighted by Crippen LogP contribution is 2.33. The van der Waals surface area contributed by atoms with E-state index in [1.54, 1.807) is 0 Å². The monoisotopic (exact) mass is 338 g/mol. The third kappa shape index (κ3) is 3.65. The van der Waals surface area contributed by atoms with Crippen LogP contribution in [0.15, 0.2) is 24.3 Å². The number of aromatic nitrogens is 1. The van der Waals surface area contributed by atoms with Gasteiger partial charge >= 0.3 is 0 Å². The second kappa shape index (κ2) is 7.71. The Morgan fingerprint density at radius 1 is 1.04 bits per heavy atom. The molecule has 0 saturated carbocycles. The molecule has 0 bridgehead atoms. The smallest absolute Gasteiger partial charge is 0.0726 e. The average Bonchev–Trinajstić information content (AvgIpc) is 3.13. The zero-order chi connectivity index (χ0) is 17.1. The van der Waals surface area contributed by atoms with Crippen molar-refractivity contribution in [2.45, 2.75) is 32.6 Å². The molecule has 134 valence electrons. The van der Waals surface area contributed by atoms with Gasteiger partial charge in [0.15, 0.2) is 0 Å². The Bertz CT molecular complexity index is 719. The lowest BCUT2D eigenvalue weighted by Crippen LogP contribution is -2.46. The van der Waals surface area contributed by atoms with Crippen molar-refractivity contribution in [3.8, 4) is 0 Å². The van der Waals surface area contributed by atoms with Gasteiger partial charge in [0.1, 0.15) is 0 Å². The predicted molar refractivity (Wildman–Crippen MR) is 105 cm³/mol. The Balaban J connectivity index is 1.37. The minimum absolute atomic E-state index is 1.05. The van der Waals surface area contributed by atoms with E-state index in [4.69, 9.17) is 4.98 Å². The van der Waals surface area contributed by atoms with Gasteiger partial charge in [-0.2, -0.15) is 0 Å². The molecule has 0 spiro atoms. The second-order valence-electron chi connectivity index (χ2n) is 7.34. The zero-order valence-electron chi connectivity index (χ0n) is 15.4. The molecule has 25 heavy (non-hydrogen) atoms. The molecule has 0 atom stereocenters. The lowest BCUT2D eigenvalue weighted by atomic mass is 10.1. The van der Waals surface area contributed by atoms with Crippen LogP contribution >= 0.6 is 0 Å². The maximum Gasteiger partial charge on any atom is 0.0726 e. The molecule has 1 aromatic carbocycles. The summed E-state index contributed by atoms with van der Waals surface area (Å²) in [6, 6.07) is 8.58. The van der Waals surface area contributed by atoms with Crippen molar-refractivity contribution in [3.05, 3.63) is 35.5 Å². The van der Waals surface area contributed by atoms with E-state index < -0.39 is 0 Å². The summed E-state index contributed by atoms with van der Waals surface area (Å²) in [5.74, 6) is 0. The number of para-hydroxylation sites is 1. The van der Waals surface area contributed by atoms with Crippen LogP contribution in [0.2, 0.25) is 0 Å². The summed E-state index contributed by atoms with van der Waals surface area (Å²) in [5.41, 5.74) is 5.28. The molecule has 2 aliphatic rings. The third-order valence-electron chi connectivity index (χ3n) is 5.78. The zero-order valence-corrected chi connectivity index (χ0v) is 15.4. The van der Waals surface area contributed by atoms with Crippen molar-refractivity contribution in [2.24, 2.45) is 0 Å². The summed E-state index contributed by atoms with van der Waals surface area (Å²) in [7, 11) is 0. The molecule has 4 nitrogen and oxygen atoms in total. The number of hydrogen-bond acceptors (Lipinski definition) is 4. The fourth-order valence-electron chi connectivity index (χ4n) is 4.26. The van der Waals surface area contributed by atoms with Crippen LogP contribution < -0.4 is 5.32 Å². The fourth-order valence-corrected chi connectivity index (χ4v) is 4.26. The van der Waals surface area contributed by atoms with Gasteiger partial charge in [-0.25, -0.2) is 0 Å². The molecule has 1 N–H and O–H groups in total. The molecule has 1 aromatic heterocycles. The van der Waals surface area contributed by atoms with E-state index in [1.807, 2.05) is 0 Å². The Kier molecular flexibility index (Phi) is 5.18. The molecule has 0 amide bonds. The van der Waals surface area contributed by atoms with Gasteiger partial charge in [0.2, 0.25) is 0 Å². The minimum Gasteiger partial charge on any atom is -0.384 e. The van der Waals surface area contributed by atoms with Crippen molar-refractivity contribution in [3.63, 3.8) is 0 Å². The van der Waals surface area contributed by atoms with Crippen LogP contribution in [-0.4, -0.2) is 60.6 Å². The Labute approximate surface area is 151 Å². The maximum atomic E-state index is 4.88. The minimum atomic E-state index is 1.05. The van der Waals surface area contributed by atoms with Crippen LogP contribution in [0.25, 0.3) is 10.9 Å². The number of benzene rings is 1.